The molecule has 0 amide bonds. The van der Waals surface area contributed by atoms with Gasteiger partial charge in [-0.15, -0.1) is 0 Å². The lowest BCUT2D eigenvalue weighted by molar-refractivity contribution is 0.551. The number of halogens is 2. The Morgan fingerprint density at radius 1 is 1.33 bits per heavy atom. The summed E-state index contributed by atoms with van der Waals surface area (Å²) in [5.41, 5.74) is 5.03. The predicted octanol–water partition coefficient (Wildman–Crippen LogP) is 3.24. The summed E-state index contributed by atoms with van der Waals surface area (Å²) in [5.74, 6) is 5.62. The third-order valence-corrected chi connectivity index (χ3v) is 3.38. The Balaban J connectivity index is 2.19. The highest BCUT2D eigenvalue weighted by Crippen LogP contribution is 2.21. The first-order valence-electron chi connectivity index (χ1n) is 5.51. The maximum Gasteiger partial charge on any atom is 0.129 e. The van der Waals surface area contributed by atoms with E-state index < -0.39 is 0 Å². The van der Waals surface area contributed by atoms with Gasteiger partial charge in [-0.05, 0) is 41.8 Å². The van der Waals surface area contributed by atoms with E-state index in [0.717, 1.165) is 16.5 Å². The molecule has 3 N–H and O–H groups in total. The quantitative estimate of drug-likeness (QED) is 0.515. The van der Waals surface area contributed by atoms with E-state index in [1.54, 1.807) is 6.20 Å². The van der Waals surface area contributed by atoms with Crippen LogP contribution in [0.5, 0.6) is 0 Å². The van der Waals surface area contributed by atoms with Crippen molar-refractivity contribution in [3.8, 4) is 0 Å². The second kappa shape index (κ2) is 6.29. The molecule has 0 saturated carbocycles. The monoisotopic (exact) mass is 325 g/mol. The highest BCUT2D eigenvalue weighted by Gasteiger charge is 2.11. The van der Waals surface area contributed by atoms with E-state index in [9.17, 15) is 0 Å². The van der Waals surface area contributed by atoms with Gasteiger partial charge in [0.1, 0.15) is 5.15 Å². The zero-order valence-corrected chi connectivity index (χ0v) is 11.9. The number of pyridine rings is 1. The molecule has 0 fully saturated rings. The van der Waals surface area contributed by atoms with E-state index >= 15 is 0 Å². The first kappa shape index (κ1) is 13.5. The summed E-state index contributed by atoms with van der Waals surface area (Å²) in [4.78, 5) is 3.97. The average molecular weight is 327 g/mol. The molecule has 94 valence electrons. The smallest absolute Gasteiger partial charge is 0.129 e. The van der Waals surface area contributed by atoms with Gasteiger partial charge in [0, 0.05) is 10.7 Å². The highest BCUT2D eigenvalue weighted by molar-refractivity contribution is 9.10. The van der Waals surface area contributed by atoms with Crippen molar-refractivity contribution in [1.29, 1.82) is 0 Å². The molecule has 1 aromatic carbocycles. The van der Waals surface area contributed by atoms with Gasteiger partial charge in [-0.1, -0.05) is 39.7 Å². The maximum atomic E-state index is 5.89. The first-order chi connectivity index (χ1) is 8.69. The molecule has 2 aromatic rings. The molecule has 1 heterocycles. The van der Waals surface area contributed by atoms with E-state index in [4.69, 9.17) is 17.4 Å². The minimum absolute atomic E-state index is 0.0137. The summed E-state index contributed by atoms with van der Waals surface area (Å²) in [7, 11) is 0. The van der Waals surface area contributed by atoms with Crippen LogP contribution in [0.25, 0.3) is 0 Å². The molecule has 0 aliphatic carbocycles. The molecule has 0 aliphatic heterocycles. The van der Waals surface area contributed by atoms with E-state index in [1.165, 1.54) is 5.56 Å². The number of rotatable bonds is 4. The van der Waals surface area contributed by atoms with E-state index in [0.29, 0.717) is 5.15 Å². The Bertz CT molecular complexity index is 533. The van der Waals surface area contributed by atoms with Gasteiger partial charge in [0.05, 0.1) is 6.04 Å². The third kappa shape index (κ3) is 3.53. The van der Waals surface area contributed by atoms with Crippen LogP contribution < -0.4 is 11.3 Å². The molecule has 18 heavy (non-hydrogen) atoms. The fourth-order valence-electron chi connectivity index (χ4n) is 1.81. The van der Waals surface area contributed by atoms with Crippen LogP contribution in [-0.2, 0) is 6.42 Å². The van der Waals surface area contributed by atoms with Gasteiger partial charge in [-0.3, -0.25) is 11.3 Å². The van der Waals surface area contributed by atoms with Crippen molar-refractivity contribution in [3.05, 3.63) is 63.3 Å². The predicted molar refractivity (Wildman–Crippen MR) is 77.2 cm³/mol. The number of nitrogens with zero attached hydrogens (tertiary/aromatic N) is 1. The van der Waals surface area contributed by atoms with Crippen LogP contribution >= 0.6 is 27.5 Å². The molecule has 1 aromatic heterocycles. The zero-order valence-electron chi connectivity index (χ0n) is 9.61. The van der Waals surface area contributed by atoms with Gasteiger partial charge in [0.25, 0.3) is 0 Å². The van der Waals surface area contributed by atoms with E-state index in [-0.39, 0.29) is 6.04 Å². The van der Waals surface area contributed by atoms with E-state index in [2.05, 4.69) is 38.5 Å². The largest absolute Gasteiger partial charge is 0.271 e. The molecule has 0 bridgehead atoms. The first-order valence-corrected chi connectivity index (χ1v) is 6.68. The molecular weight excluding hydrogens is 314 g/mol. The molecular formula is C13H13BrClN3. The van der Waals surface area contributed by atoms with Gasteiger partial charge in [-0.2, -0.15) is 0 Å². The Kier molecular flexibility index (Phi) is 4.72. The molecule has 3 nitrogen and oxygen atoms in total. The molecule has 0 radical (unpaired) electrons. The lowest BCUT2D eigenvalue weighted by Crippen LogP contribution is -2.29. The van der Waals surface area contributed by atoms with Crippen LogP contribution in [0.15, 0.2) is 47.1 Å². The van der Waals surface area contributed by atoms with Crippen molar-refractivity contribution in [3.63, 3.8) is 0 Å². The van der Waals surface area contributed by atoms with Gasteiger partial charge < -0.3 is 0 Å². The molecule has 1 unspecified atom stereocenters. The van der Waals surface area contributed by atoms with Crippen molar-refractivity contribution < 1.29 is 0 Å². The SMILES string of the molecule is NNC(Cc1cccc(Br)c1)c1ccnc(Cl)c1. The number of hydrogen-bond acceptors (Lipinski definition) is 3. The van der Waals surface area contributed by atoms with Crippen LogP contribution in [0.2, 0.25) is 5.15 Å². The number of nitrogens with two attached hydrogens (primary N) is 1. The summed E-state index contributed by atoms with van der Waals surface area (Å²) < 4.78 is 1.06. The van der Waals surface area contributed by atoms with Crippen molar-refractivity contribution in [1.82, 2.24) is 10.4 Å². The van der Waals surface area contributed by atoms with Crippen molar-refractivity contribution in [2.45, 2.75) is 12.5 Å². The van der Waals surface area contributed by atoms with Crippen LogP contribution in [0, 0.1) is 0 Å². The summed E-state index contributed by atoms with van der Waals surface area (Å²) >= 11 is 9.35. The van der Waals surface area contributed by atoms with E-state index in [1.807, 2.05) is 24.3 Å². The van der Waals surface area contributed by atoms with Gasteiger partial charge in [0.15, 0.2) is 0 Å². The summed E-state index contributed by atoms with van der Waals surface area (Å²) in [6.07, 6.45) is 2.47. The normalized spacial score (nSPS) is 12.4. The lowest BCUT2D eigenvalue weighted by Gasteiger charge is -2.16. The van der Waals surface area contributed by atoms with Crippen molar-refractivity contribution >= 4 is 27.5 Å². The Morgan fingerprint density at radius 3 is 2.83 bits per heavy atom. The van der Waals surface area contributed by atoms with Crippen LogP contribution in [0.3, 0.4) is 0 Å². The zero-order chi connectivity index (χ0) is 13.0. The summed E-state index contributed by atoms with van der Waals surface area (Å²) in [6.45, 7) is 0. The summed E-state index contributed by atoms with van der Waals surface area (Å²) in [6, 6.07) is 11.9. The highest BCUT2D eigenvalue weighted by atomic mass is 79.9. The number of nitrogens with one attached hydrogen (secondary N) is 1. The molecule has 2 rings (SSSR count). The number of hydrazine groups is 1. The molecule has 0 saturated heterocycles. The molecule has 1 atom stereocenters. The van der Waals surface area contributed by atoms with Gasteiger partial charge >= 0.3 is 0 Å². The Morgan fingerprint density at radius 2 is 2.17 bits per heavy atom. The topological polar surface area (TPSA) is 50.9 Å². The minimum Gasteiger partial charge on any atom is -0.271 e. The Labute approximate surface area is 119 Å². The third-order valence-electron chi connectivity index (χ3n) is 2.68. The molecule has 5 heteroatoms. The maximum absolute atomic E-state index is 5.89. The minimum atomic E-state index is 0.0137. The summed E-state index contributed by atoms with van der Waals surface area (Å²) in [5, 5.41) is 0.474. The molecule has 0 aliphatic rings. The fourth-order valence-corrected chi connectivity index (χ4v) is 2.44. The number of hydrogen-bond donors (Lipinski definition) is 2. The Hall–Kier alpha value is -0.940. The van der Waals surface area contributed by atoms with Gasteiger partial charge in [-0.25, -0.2) is 4.98 Å². The van der Waals surface area contributed by atoms with Crippen LogP contribution in [-0.4, -0.2) is 4.98 Å². The number of aromatic nitrogens is 1. The number of benzene rings is 1. The second-order valence-corrected chi connectivity index (χ2v) is 5.27. The van der Waals surface area contributed by atoms with Gasteiger partial charge in [0.2, 0.25) is 0 Å². The fraction of sp³-hybridized carbons (Fsp3) is 0.154. The van der Waals surface area contributed by atoms with Crippen LogP contribution in [0.4, 0.5) is 0 Å². The van der Waals surface area contributed by atoms with Crippen LogP contribution in [0.1, 0.15) is 17.2 Å². The molecule has 0 spiro atoms. The second-order valence-electron chi connectivity index (χ2n) is 3.97. The average Bonchev–Trinajstić information content (AvgIpc) is 2.36. The lowest BCUT2D eigenvalue weighted by atomic mass is 10.0. The standard InChI is InChI=1S/C13H13BrClN3/c14-11-3-1-2-9(6-11)7-12(18-16)10-4-5-17-13(15)8-10/h1-6,8,12,18H,7,16H2. The van der Waals surface area contributed by atoms with Crippen molar-refractivity contribution in [2.24, 2.45) is 5.84 Å². The van der Waals surface area contributed by atoms with Crippen molar-refractivity contribution in [2.75, 3.05) is 0 Å².